The number of carbonyl (C=O) groups is 2. The Balaban J connectivity index is 0. The molecule has 0 amide bonds. The lowest BCUT2D eigenvalue weighted by molar-refractivity contribution is -0.155. The SMILES string of the molecule is CCOC(=O)C(C)OCC.CCOC(C)C(=O)OC. The van der Waals surface area contributed by atoms with E-state index in [4.69, 9.17) is 14.2 Å². The Bertz CT molecular complexity index is 241. The van der Waals surface area contributed by atoms with Gasteiger partial charge in [0.05, 0.1) is 13.7 Å². The first kappa shape index (κ1) is 20.2. The molecule has 0 fully saturated rings. The maximum atomic E-state index is 10.8. The van der Waals surface area contributed by atoms with Gasteiger partial charge < -0.3 is 18.9 Å². The Kier molecular flexibility index (Phi) is 14.1. The van der Waals surface area contributed by atoms with Gasteiger partial charge in [0.1, 0.15) is 0 Å². The molecule has 0 spiro atoms. The number of rotatable bonds is 7. The molecule has 114 valence electrons. The molecule has 2 atom stereocenters. The molecule has 19 heavy (non-hydrogen) atoms. The summed E-state index contributed by atoms with van der Waals surface area (Å²) in [6.45, 7) is 10.3. The first-order valence-corrected chi connectivity index (χ1v) is 6.42. The fourth-order valence-electron chi connectivity index (χ4n) is 1.06. The lowest BCUT2D eigenvalue weighted by Gasteiger charge is -2.08. The molecular formula is C13H26O6. The number of methoxy groups -OCH3 is 1. The number of hydrogen-bond donors (Lipinski definition) is 0. The van der Waals surface area contributed by atoms with Gasteiger partial charge in [0.25, 0.3) is 0 Å². The molecule has 6 nitrogen and oxygen atoms in total. The van der Waals surface area contributed by atoms with Gasteiger partial charge in [-0.2, -0.15) is 0 Å². The third kappa shape index (κ3) is 11.7. The quantitative estimate of drug-likeness (QED) is 0.658. The van der Waals surface area contributed by atoms with Crippen LogP contribution in [-0.2, 0) is 28.5 Å². The van der Waals surface area contributed by atoms with Crippen molar-refractivity contribution in [2.45, 2.75) is 46.8 Å². The normalized spacial score (nSPS) is 12.7. The van der Waals surface area contributed by atoms with Gasteiger partial charge in [0.15, 0.2) is 12.2 Å². The highest BCUT2D eigenvalue weighted by molar-refractivity contribution is 5.74. The third-order valence-electron chi connectivity index (χ3n) is 1.98. The van der Waals surface area contributed by atoms with E-state index in [1.54, 1.807) is 20.8 Å². The van der Waals surface area contributed by atoms with E-state index in [0.29, 0.717) is 19.8 Å². The van der Waals surface area contributed by atoms with Crippen molar-refractivity contribution in [3.63, 3.8) is 0 Å². The molecule has 0 aliphatic heterocycles. The summed E-state index contributed by atoms with van der Waals surface area (Å²) in [5.74, 6) is -0.610. The average molecular weight is 278 g/mol. The van der Waals surface area contributed by atoms with Gasteiger partial charge in [-0.25, -0.2) is 9.59 Å². The smallest absolute Gasteiger partial charge is 0.334 e. The standard InChI is InChI=1S/C7H14O3.C6H12O3/c1-4-9-6(3)7(8)10-5-2;1-4-9-5(2)6(7)8-3/h6H,4-5H2,1-3H3;5H,4H2,1-3H3. The average Bonchev–Trinajstić information content (AvgIpc) is 2.39. The monoisotopic (exact) mass is 278 g/mol. The van der Waals surface area contributed by atoms with Crippen molar-refractivity contribution in [3.8, 4) is 0 Å². The van der Waals surface area contributed by atoms with Crippen molar-refractivity contribution in [2.24, 2.45) is 0 Å². The fraction of sp³-hybridized carbons (Fsp3) is 0.846. The maximum absolute atomic E-state index is 10.8. The summed E-state index contributed by atoms with van der Waals surface area (Å²) in [7, 11) is 1.35. The zero-order valence-electron chi connectivity index (χ0n) is 12.7. The predicted molar refractivity (Wildman–Crippen MR) is 70.8 cm³/mol. The molecule has 0 rings (SSSR count). The van der Waals surface area contributed by atoms with Crippen LogP contribution in [0.15, 0.2) is 0 Å². The van der Waals surface area contributed by atoms with Gasteiger partial charge in [-0.15, -0.1) is 0 Å². The first-order chi connectivity index (χ1) is 8.94. The van der Waals surface area contributed by atoms with Crippen LogP contribution in [-0.4, -0.2) is 51.1 Å². The highest BCUT2D eigenvalue weighted by Crippen LogP contribution is 1.93. The van der Waals surface area contributed by atoms with Crippen molar-refractivity contribution in [1.29, 1.82) is 0 Å². The molecular weight excluding hydrogens is 252 g/mol. The third-order valence-corrected chi connectivity index (χ3v) is 1.98. The lowest BCUT2D eigenvalue weighted by Crippen LogP contribution is -2.23. The molecule has 0 bridgehead atoms. The summed E-state index contributed by atoms with van der Waals surface area (Å²) in [6, 6.07) is 0. The van der Waals surface area contributed by atoms with Crippen LogP contribution >= 0.6 is 0 Å². The predicted octanol–water partition coefficient (Wildman–Crippen LogP) is 1.56. The Labute approximate surface area is 115 Å². The molecule has 0 aromatic heterocycles. The fourth-order valence-corrected chi connectivity index (χ4v) is 1.06. The summed E-state index contributed by atoms with van der Waals surface area (Å²) in [5.41, 5.74) is 0. The Morgan fingerprint density at radius 3 is 1.58 bits per heavy atom. The summed E-state index contributed by atoms with van der Waals surface area (Å²) in [6.07, 6.45) is -0.857. The van der Waals surface area contributed by atoms with Gasteiger partial charge in [-0.3, -0.25) is 0 Å². The zero-order valence-corrected chi connectivity index (χ0v) is 12.7. The molecule has 0 saturated heterocycles. The van der Waals surface area contributed by atoms with Crippen LogP contribution < -0.4 is 0 Å². The van der Waals surface area contributed by atoms with Crippen molar-refractivity contribution >= 4 is 11.9 Å². The van der Waals surface area contributed by atoms with Crippen LogP contribution in [0.5, 0.6) is 0 Å². The second-order valence-corrected chi connectivity index (χ2v) is 3.47. The molecule has 0 aliphatic carbocycles. The van der Waals surface area contributed by atoms with Crippen molar-refractivity contribution in [1.82, 2.24) is 0 Å². The Morgan fingerprint density at radius 1 is 0.842 bits per heavy atom. The van der Waals surface area contributed by atoms with Gasteiger partial charge in [0, 0.05) is 13.2 Å². The highest BCUT2D eigenvalue weighted by Gasteiger charge is 2.12. The second kappa shape index (κ2) is 13.3. The van der Waals surface area contributed by atoms with Gasteiger partial charge in [-0.05, 0) is 34.6 Å². The summed E-state index contributed by atoms with van der Waals surface area (Å²) < 4.78 is 19.0. The van der Waals surface area contributed by atoms with Gasteiger partial charge >= 0.3 is 11.9 Å². The van der Waals surface area contributed by atoms with Crippen LogP contribution in [0.25, 0.3) is 0 Å². The van der Waals surface area contributed by atoms with E-state index in [1.807, 2.05) is 13.8 Å². The second-order valence-electron chi connectivity index (χ2n) is 3.47. The molecule has 0 heterocycles. The van der Waals surface area contributed by atoms with Crippen molar-refractivity contribution in [2.75, 3.05) is 26.9 Å². The number of hydrogen-bond acceptors (Lipinski definition) is 6. The maximum Gasteiger partial charge on any atom is 0.334 e. The molecule has 0 N–H and O–H groups in total. The number of ether oxygens (including phenoxy) is 4. The molecule has 6 heteroatoms. The first-order valence-electron chi connectivity index (χ1n) is 6.42. The van der Waals surface area contributed by atoms with E-state index in [9.17, 15) is 9.59 Å². The molecule has 0 aromatic carbocycles. The van der Waals surface area contributed by atoms with Crippen LogP contribution in [0.2, 0.25) is 0 Å². The largest absolute Gasteiger partial charge is 0.467 e. The van der Waals surface area contributed by atoms with Crippen LogP contribution in [0.1, 0.15) is 34.6 Å². The molecule has 0 aliphatic rings. The van der Waals surface area contributed by atoms with Crippen molar-refractivity contribution in [3.05, 3.63) is 0 Å². The van der Waals surface area contributed by atoms with E-state index in [-0.39, 0.29) is 11.9 Å². The van der Waals surface area contributed by atoms with E-state index in [0.717, 1.165) is 0 Å². The minimum atomic E-state index is -0.431. The summed E-state index contributed by atoms with van der Waals surface area (Å²) in [4.78, 5) is 21.3. The summed E-state index contributed by atoms with van der Waals surface area (Å²) >= 11 is 0. The van der Waals surface area contributed by atoms with E-state index >= 15 is 0 Å². The van der Waals surface area contributed by atoms with Crippen molar-refractivity contribution < 1.29 is 28.5 Å². The van der Waals surface area contributed by atoms with E-state index in [1.165, 1.54) is 7.11 Å². The zero-order chi connectivity index (χ0) is 15.3. The molecule has 0 radical (unpaired) electrons. The molecule has 2 unspecified atom stereocenters. The number of esters is 2. The lowest BCUT2D eigenvalue weighted by atomic mass is 10.4. The molecule has 0 saturated carbocycles. The van der Waals surface area contributed by atoms with E-state index in [2.05, 4.69) is 4.74 Å². The molecule has 0 aromatic rings. The highest BCUT2D eigenvalue weighted by atomic mass is 16.6. The minimum absolute atomic E-state index is 0.288. The van der Waals surface area contributed by atoms with Crippen LogP contribution in [0, 0.1) is 0 Å². The van der Waals surface area contributed by atoms with Gasteiger partial charge in [-0.1, -0.05) is 0 Å². The summed E-state index contributed by atoms with van der Waals surface area (Å²) in [5, 5.41) is 0. The topological polar surface area (TPSA) is 71.1 Å². The number of carbonyl (C=O) groups excluding carboxylic acids is 2. The van der Waals surface area contributed by atoms with Crippen LogP contribution in [0.4, 0.5) is 0 Å². The van der Waals surface area contributed by atoms with Crippen LogP contribution in [0.3, 0.4) is 0 Å². The van der Waals surface area contributed by atoms with Gasteiger partial charge in [0.2, 0.25) is 0 Å². The Hall–Kier alpha value is -1.14. The van der Waals surface area contributed by atoms with E-state index < -0.39 is 12.2 Å². The minimum Gasteiger partial charge on any atom is -0.467 e. The Morgan fingerprint density at radius 2 is 1.26 bits per heavy atom.